The number of nitrogen functional groups attached to an aromatic ring is 1. The number of rotatable bonds is 1. The highest BCUT2D eigenvalue weighted by Crippen LogP contribution is 2.32. The maximum Gasteiger partial charge on any atom is 0.157 e. The standard InChI is InChI=1S/C16H12BrN3O/c1-9-6-14-19-15(16(18)20(14)8-11(9)17)13-7-10-4-2-3-5-12(10)21-13/h2-8H,18H2,1H3. The van der Waals surface area contributed by atoms with Gasteiger partial charge < -0.3 is 10.2 Å². The van der Waals surface area contributed by atoms with E-state index in [9.17, 15) is 0 Å². The number of aryl methyl sites for hydroxylation is 1. The van der Waals surface area contributed by atoms with Gasteiger partial charge in [-0.25, -0.2) is 4.98 Å². The second-order valence-electron chi connectivity index (χ2n) is 5.03. The van der Waals surface area contributed by atoms with Gasteiger partial charge >= 0.3 is 0 Å². The highest BCUT2D eigenvalue weighted by molar-refractivity contribution is 9.10. The first-order valence-electron chi connectivity index (χ1n) is 6.56. The summed E-state index contributed by atoms with van der Waals surface area (Å²) in [5.74, 6) is 1.26. The van der Waals surface area contributed by atoms with Crippen LogP contribution in [0.25, 0.3) is 28.1 Å². The predicted molar refractivity (Wildman–Crippen MR) is 87.2 cm³/mol. The summed E-state index contributed by atoms with van der Waals surface area (Å²) in [5, 5.41) is 1.04. The Kier molecular flexibility index (Phi) is 2.59. The second-order valence-corrected chi connectivity index (χ2v) is 5.88. The van der Waals surface area contributed by atoms with E-state index < -0.39 is 0 Å². The smallest absolute Gasteiger partial charge is 0.157 e. The van der Waals surface area contributed by atoms with Crippen LogP contribution in [0.2, 0.25) is 0 Å². The summed E-state index contributed by atoms with van der Waals surface area (Å²) in [6.07, 6.45) is 1.93. The van der Waals surface area contributed by atoms with Gasteiger partial charge in [-0.05, 0) is 46.6 Å². The van der Waals surface area contributed by atoms with Gasteiger partial charge in [0.25, 0.3) is 0 Å². The third-order valence-electron chi connectivity index (χ3n) is 3.60. The first-order chi connectivity index (χ1) is 10.1. The van der Waals surface area contributed by atoms with Gasteiger partial charge in [-0.3, -0.25) is 4.40 Å². The zero-order valence-corrected chi connectivity index (χ0v) is 12.9. The molecule has 0 saturated heterocycles. The molecule has 4 nitrogen and oxygen atoms in total. The fourth-order valence-corrected chi connectivity index (χ4v) is 2.78. The molecule has 21 heavy (non-hydrogen) atoms. The average Bonchev–Trinajstić information content (AvgIpc) is 3.02. The van der Waals surface area contributed by atoms with E-state index in [-0.39, 0.29) is 0 Å². The van der Waals surface area contributed by atoms with Crippen molar-refractivity contribution >= 4 is 38.4 Å². The number of fused-ring (bicyclic) bond motifs is 2. The number of imidazole rings is 1. The highest BCUT2D eigenvalue weighted by Gasteiger charge is 2.16. The SMILES string of the molecule is Cc1cc2nc(-c3cc4ccccc4o3)c(N)n2cc1Br. The first kappa shape index (κ1) is 12.5. The minimum atomic E-state index is 0.574. The van der Waals surface area contributed by atoms with Gasteiger partial charge in [0.2, 0.25) is 0 Å². The van der Waals surface area contributed by atoms with E-state index in [1.165, 1.54) is 0 Å². The van der Waals surface area contributed by atoms with Crippen molar-refractivity contribution in [1.82, 2.24) is 9.38 Å². The van der Waals surface area contributed by atoms with E-state index in [0.717, 1.165) is 26.7 Å². The van der Waals surface area contributed by atoms with E-state index in [1.54, 1.807) is 0 Å². The van der Waals surface area contributed by atoms with Crippen molar-refractivity contribution in [2.24, 2.45) is 0 Å². The molecular weight excluding hydrogens is 330 g/mol. The molecule has 0 radical (unpaired) electrons. The Labute approximate surface area is 129 Å². The number of halogens is 1. The lowest BCUT2D eigenvalue weighted by Crippen LogP contribution is -1.94. The summed E-state index contributed by atoms with van der Waals surface area (Å²) in [6, 6.07) is 11.8. The Morgan fingerprint density at radius 1 is 1.24 bits per heavy atom. The van der Waals surface area contributed by atoms with Crippen LogP contribution in [0.1, 0.15) is 5.56 Å². The lowest BCUT2D eigenvalue weighted by Gasteiger charge is -2.00. The molecule has 104 valence electrons. The van der Waals surface area contributed by atoms with Crippen LogP contribution in [-0.2, 0) is 0 Å². The molecule has 4 rings (SSSR count). The van der Waals surface area contributed by atoms with Crippen molar-refractivity contribution in [2.45, 2.75) is 6.92 Å². The van der Waals surface area contributed by atoms with Crippen molar-refractivity contribution in [3.63, 3.8) is 0 Å². The zero-order chi connectivity index (χ0) is 14.6. The molecule has 0 aliphatic heterocycles. The maximum atomic E-state index is 6.23. The lowest BCUT2D eigenvalue weighted by atomic mass is 10.2. The van der Waals surface area contributed by atoms with Crippen LogP contribution >= 0.6 is 15.9 Å². The first-order valence-corrected chi connectivity index (χ1v) is 7.35. The molecule has 0 amide bonds. The van der Waals surface area contributed by atoms with Crippen molar-refractivity contribution < 1.29 is 4.42 Å². The van der Waals surface area contributed by atoms with Gasteiger partial charge in [-0.2, -0.15) is 0 Å². The molecule has 2 N–H and O–H groups in total. The Balaban J connectivity index is 1.99. The monoisotopic (exact) mass is 341 g/mol. The fourth-order valence-electron chi connectivity index (χ4n) is 2.46. The predicted octanol–water partition coefficient (Wildman–Crippen LogP) is 4.40. The molecule has 5 heteroatoms. The molecule has 3 heterocycles. The molecule has 3 aromatic heterocycles. The number of para-hydroxylation sites is 1. The molecule has 0 aliphatic carbocycles. The number of aromatic nitrogens is 2. The number of hydrogen-bond donors (Lipinski definition) is 1. The number of benzene rings is 1. The molecule has 0 atom stereocenters. The van der Waals surface area contributed by atoms with Crippen LogP contribution in [0.4, 0.5) is 5.82 Å². The van der Waals surface area contributed by atoms with Gasteiger partial charge in [-0.15, -0.1) is 0 Å². The quantitative estimate of drug-likeness (QED) is 0.558. The summed E-state index contributed by atoms with van der Waals surface area (Å²) in [7, 11) is 0. The third-order valence-corrected chi connectivity index (χ3v) is 4.43. The molecular formula is C16H12BrN3O. The molecule has 0 fully saturated rings. The van der Waals surface area contributed by atoms with Crippen LogP contribution in [0.5, 0.6) is 0 Å². The highest BCUT2D eigenvalue weighted by atomic mass is 79.9. The normalized spacial score (nSPS) is 11.5. The lowest BCUT2D eigenvalue weighted by molar-refractivity contribution is 0.629. The molecule has 0 bridgehead atoms. The number of furan rings is 1. The van der Waals surface area contributed by atoms with E-state index in [2.05, 4.69) is 20.9 Å². The summed E-state index contributed by atoms with van der Waals surface area (Å²) < 4.78 is 8.71. The van der Waals surface area contributed by atoms with E-state index >= 15 is 0 Å². The topological polar surface area (TPSA) is 56.5 Å². The largest absolute Gasteiger partial charge is 0.454 e. The summed E-state index contributed by atoms with van der Waals surface area (Å²) in [4.78, 5) is 4.60. The number of pyridine rings is 1. The number of nitrogens with zero attached hydrogens (tertiary/aromatic N) is 2. The molecule has 4 aromatic rings. The van der Waals surface area contributed by atoms with Crippen molar-refractivity contribution in [3.05, 3.63) is 52.6 Å². The summed E-state index contributed by atoms with van der Waals surface area (Å²) >= 11 is 3.52. The number of hydrogen-bond acceptors (Lipinski definition) is 3. The van der Waals surface area contributed by atoms with Crippen LogP contribution in [-0.4, -0.2) is 9.38 Å². The number of anilines is 1. The molecule has 0 saturated carbocycles. The van der Waals surface area contributed by atoms with Gasteiger partial charge in [0.05, 0.1) is 0 Å². The molecule has 0 spiro atoms. The number of nitrogens with two attached hydrogens (primary N) is 1. The zero-order valence-electron chi connectivity index (χ0n) is 11.3. The summed E-state index contributed by atoms with van der Waals surface area (Å²) in [5.41, 5.74) is 9.66. The van der Waals surface area contributed by atoms with Crippen molar-refractivity contribution in [1.29, 1.82) is 0 Å². The van der Waals surface area contributed by atoms with Gasteiger partial charge in [0.1, 0.15) is 22.7 Å². The van der Waals surface area contributed by atoms with E-state index in [1.807, 2.05) is 53.9 Å². The van der Waals surface area contributed by atoms with Crippen LogP contribution in [0.3, 0.4) is 0 Å². The molecule has 1 aromatic carbocycles. The van der Waals surface area contributed by atoms with Crippen molar-refractivity contribution in [3.8, 4) is 11.5 Å². The Morgan fingerprint density at radius 2 is 2.05 bits per heavy atom. The molecule has 0 unspecified atom stereocenters. The van der Waals surface area contributed by atoms with Crippen molar-refractivity contribution in [2.75, 3.05) is 5.73 Å². The summed E-state index contributed by atoms with van der Waals surface area (Å²) in [6.45, 7) is 2.02. The van der Waals surface area contributed by atoms with E-state index in [0.29, 0.717) is 17.3 Å². The maximum absolute atomic E-state index is 6.23. The Bertz CT molecular complexity index is 951. The van der Waals surface area contributed by atoms with Gasteiger partial charge in [0, 0.05) is 16.1 Å². The Morgan fingerprint density at radius 3 is 2.86 bits per heavy atom. The van der Waals surface area contributed by atoms with E-state index in [4.69, 9.17) is 10.2 Å². The average molecular weight is 342 g/mol. The Hall–Kier alpha value is -2.27. The minimum absolute atomic E-state index is 0.574. The third kappa shape index (κ3) is 1.85. The fraction of sp³-hybridized carbons (Fsp3) is 0.0625. The van der Waals surface area contributed by atoms with Crippen LogP contribution in [0, 0.1) is 6.92 Å². The second kappa shape index (κ2) is 4.36. The minimum Gasteiger partial charge on any atom is -0.454 e. The van der Waals surface area contributed by atoms with Gasteiger partial charge in [-0.1, -0.05) is 18.2 Å². The molecule has 0 aliphatic rings. The van der Waals surface area contributed by atoms with Crippen LogP contribution in [0.15, 0.2) is 51.5 Å². The van der Waals surface area contributed by atoms with Crippen LogP contribution < -0.4 is 5.73 Å². The van der Waals surface area contributed by atoms with Gasteiger partial charge in [0.15, 0.2) is 5.76 Å².